The molecule has 0 bridgehead atoms. The molecule has 0 aromatic heterocycles. The van der Waals surface area contributed by atoms with E-state index in [-0.39, 0.29) is 6.10 Å². The van der Waals surface area contributed by atoms with Crippen LogP contribution in [-0.2, 0) is 4.74 Å². The van der Waals surface area contributed by atoms with Gasteiger partial charge < -0.3 is 4.74 Å². The minimum Gasteiger partial charge on any atom is -0.478 e. The Labute approximate surface area is 108 Å². The van der Waals surface area contributed by atoms with Gasteiger partial charge in [-0.3, -0.25) is 5.41 Å². The molecule has 17 heavy (non-hydrogen) atoms. The van der Waals surface area contributed by atoms with E-state index in [2.05, 4.69) is 13.8 Å². The summed E-state index contributed by atoms with van der Waals surface area (Å²) >= 11 is 0. The molecule has 0 aliphatic rings. The van der Waals surface area contributed by atoms with E-state index in [0.29, 0.717) is 12.3 Å². The second-order valence-electron chi connectivity index (χ2n) is 4.97. The Balaban J connectivity index is 3.19. The molecule has 2 nitrogen and oxygen atoms in total. The SMILES string of the molecule is CCCCCCCCCCC(C)OC(=N)CC. The van der Waals surface area contributed by atoms with Crippen molar-refractivity contribution in [2.75, 3.05) is 0 Å². The van der Waals surface area contributed by atoms with E-state index >= 15 is 0 Å². The summed E-state index contributed by atoms with van der Waals surface area (Å²) in [6, 6.07) is 0. The Morgan fingerprint density at radius 3 is 2.00 bits per heavy atom. The van der Waals surface area contributed by atoms with E-state index in [4.69, 9.17) is 10.1 Å². The van der Waals surface area contributed by atoms with Crippen LogP contribution in [0.1, 0.15) is 85.0 Å². The number of unbranched alkanes of at least 4 members (excludes halogenated alkanes) is 7. The maximum atomic E-state index is 7.46. The standard InChI is InChI=1S/C15H31NO/c1-4-6-7-8-9-10-11-12-13-14(3)17-15(16)5-2/h14,16H,4-13H2,1-3H3. The molecule has 1 N–H and O–H groups in total. The van der Waals surface area contributed by atoms with Gasteiger partial charge in [0.25, 0.3) is 0 Å². The second kappa shape index (κ2) is 11.9. The molecule has 0 radical (unpaired) electrons. The predicted octanol–water partition coefficient (Wildman–Crippen LogP) is 5.31. The summed E-state index contributed by atoms with van der Waals surface area (Å²) in [4.78, 5) is 0. The van der Waals surface area contributed by atoms with Gasteiger partial charge in [-0.15, -0.1) is 0 Å². The lowest BCUT2D eigenvalue weighted by Crippen LogP contribution is -2.13. The topological polar surface area (TPSA) is 33.1 Å². The summed E-state index contributed by atoms with van der Waals surface area (Å²) in [5.41, 5.74) is 0. The highest BCUT2D eigenvalue weighted by atomic mass is 16.5. The molecule has 0 rings (SSSR count). The maximum Gasteiger partial charge on any atom is 0.180 e. The molecule has 0 saturated carbocycles. The summed E-state index contributed by atoms with van der Waals surface area (Å²) in [6.07, 6.45) is 12.9. The van der Waals surface area contributed by atoms with Gasteiger partial charge in [0.05, 0.1) is 6.10 Å². The van der Waals surface area contributed by atoms with Crippen LogP contribution in [0.3, 0.4) is 0 Å². The summed E-state index contributed by atoms with van der Waals surface area (Å²) in [7, 11) is 0. The normalized spacial score (nSPS) is 12.4. The fourth-order valence-corrected chi connectivity index (χ4v) is 1.95. The third-order valence-corrected chi connectivity index (χ3v) is 3.13. The van der Waals surface area contributed by atoms with Gasteiger partial charge in [-0.1, -0.05) is 58.8 Å². The average molecular weight is 241 g/mol. The molecule has 0 fully saturated rings. The Kier molecular flexibility index (Phi) is 11.6. The highest BCUT2D eigenvalue weighted by Crippen LogP contribution is 2.11. The fraction of sp³-hybridized carbons (Fsp3) is 0.933. The van der Waals surface area contributed by atoms with Crippen LogP contribution in [0.5, 0.6) is 0 Å². The lowest BCUT2D eigenvalue weighted by atomic mass is 10.1. The van der Waals surface area contributed by atoms with Gasteiger partial charge in [0.2, 0.25) is 0 Å². The largest absolute Gasteiger partial charge is 0.478 e. The first-order valence-electron chi connectivity index (χ1n) is 7.44. The average Bonchev–Trinajstić information content (AvgIpc) is 2.32. The van der Waals surface area contributed by atoms with E-state index < -0.39 is 0 Å². The van der Waals surface area contributed by atoms with Crippen molar-refractivity contribution in [2.45, 2.75) is 91.1 Å². The monoisotopic (exact) mass is 241 g/mol. The van der Waals surface area contributed by atoms with Crippen molar-refractivity contribution in [2.24, 2.45) is 0 Å². The Hall–Kier alpha value is -0.530. The third-order valence-electron chi connectivity index (χ3n) is 3.13. The molecule has 0 amide bonds. The number of rotatable bonds is 11. The van der Waals surface area contributed by atoms with Gasteiger partial charge in [0, 0.05) is 6.42 Å². The first-order valence-corrected chi connectivity index (χ1v) is 7.44. The molecular weight excluding hydrogens is 210 g/mol. The van der Waals surface area contributed by atoms with Gasteiger partial charge in [0.15, 0.2) is 5.90 Å². The van der Waals surface area contributed by atoms with Gasteiger partial charge in [-0.05, 0) is 19.8 Å². The third kappa shape index (κ3) is 11.7. The van der Waals surface area contributed by atoms with E-state index in [0.717, 1.165) is 6.42 Å². The highest BCUT2D eigenvalue weighted by molar-refractivity contribution is 5.72. The van der Waals surface area contributed by atoms with Crippen LogP contribution in [0.25, 0.3) is 0 Å². The molecule has 0 aliphatic heterocycles. The van der Waals surface area contributed by atoms with Gasteiger partial charge in [-0.2, -0.15) is 0 Å². The lowest BCUT2D eigenvalue weighted by Gasteiger charge is -2.14. The molecule has 102 valence electrons. The molecule has 1 atom stereocenters. The predicted molar refractivity (Wildman–Crippen MR) is 75.8 cm³/mol. The van der Waals surface area contributed by atoms with Crippen molar-refractivity contribution < 1.29 is 4.74 Å². The molecule has 0 aliphatic carbocycles. The molecule has 0 spiro atoms. The second-order valence-corrected chi connectivity index (χ2v) is 4.97. The Bertz CT molecular complexity index is 180. The van der Waals surface area contributed by atoms with Crippen LogP contribution >= 0.6 is 0 Å². The van der Waals surface area contributed by atoms with Crippen molar-refractivity contribution in [1.29, 1.82) is 5.41 Å². The minimum atomic E-state index is 0.225. The molecule has 0 heterocycles. The van der Waals surface area contributed by atoms with Crippen molar-refractivity contribution in [3.05, 3.63) is 0 Å². The first kappa shape index (κ1) is 16.5. The molecular formula is C15H31NO. The Morgan fingerprint density at radius 1 is 0.941 bits per heavy atom. The van der Waals surface area contributed by atoms with Crippen LogP contribution in [0.4, 0.5) is 0 Å². The summed E-state index contributed by atoms with van der Waals surface area (Å²) < 4.78 is 5.44. The zero-order valence-corrected chi connectivity index (χ0v) is 12.1. The maximum absolute atomic E-state index is 7.46. The number of nitrogens with one attached hydrogen (secondary N) is 1. The van der Waals surface area contributed by atoms with Crippen molar-refractivity contribution in [3.63, 3.8) is 0 Å². The first-order chi connectivity index (χ1) is 8.20. The molecule has 0 aromatic rings. The smallest absolute Gasteiger partial charge is 0.180 e. The summed E-state index contributed by atoms with van der Waals surface area (Å²) in [5, 5.41) is 7.46. The zero-order chi connectivity index (χ0) is 12.9. The highest BCUT2D eigenvalue weighted by Gasteiger charge is 2.04. The van der Waals surface area contributed by atoms with Crippen LogP contribution in [0.2, 0.25) is 0 Å². The Morgan fingerprint density at radius 2 is 1.47 bits per heavy atom. The van der Waals surface area contributed by atoms with Crippen molar-refractivity contribution in [1.82, 2.24) is 0 Å². The molecule has 0 aromatic carbocycles. The molecule has 1 unspecified atom stereocenters. The van der Waals surface area contributed by atoms with Crippen LogP contribution < -0.4 is 0 Å². The van der Waals surface area contributed by atoms with Crippen LogP contribution in [-0.4, -0.2) is 12.0 Å². The van der Waals surface area contributed by atoms with E-state index in [1.54, 1.807) is 0 Å². The lowest BCUT2D eigenvalue weighted by molar-refractivity contribution is 0.186. The minimum absolute atomic E-state index is 0.225. The summed E-state index contributed by atoms with van der Waals surface area (Å²) in [5.74, 6) is 0.428. The molecule has 2 heteroatoms. The molecule has 0 saturated heterocycles. The number of hydrogen-bond donors (Lipinski definition) is 1. The van der Waals surface area contributed by atoms with Crippen molar-refractivity contribution in [3.8, 4) is 0 Å². The number of ether oxygens (including phenoxy) is 1. The van der Waals surface area contributed by atoms with Gasteiger partial charge in [0.1, 0.15) is 0 Å². The van der Waals surface area contributed by atoms with E-state index in [1.165, 1.54) is 51.4 Å². The van der Waals surface area contributed by atoms with E-state index in [1.807, 2.05) is 6.92 Å². The van der Waals surface area contributed by atoms with Crippen LogP contribution in [0, 0.1) is 5.41 Å². The van der Waals surface area contributed by atoms with E-state index in [9.17, 15) is 0 Å². The quantitative estimate of drug-likeness (QED) is 0.297. The fourth-order valence-electron chi connectivity index (χ4n) is 1.95. The van der Waals surface area contributed by atoms with Crippen molar-refractivity contribution >= 4 is 5.90 Å². The summed E-state index contributed by atoms with van der Waals surface area (Å²) in [6.45, 7) is 6.30. The zero-order valence-electron chi connectivity index (χ0n) is 12.1. The number of hydrogen-bond acceptors (Lipinski definition) is 2. The van der Waals surface area contributed by atoms with Gasteiger partial charge in [-0.25, -0.2) is 0 Å². The van der Waals surface area contributed by atoms with Crippen LogP contribution in [0.15, 0.2) is 0 Å². The van der Waals surface area contributed by atoms with Gasteiger partial charge >= 0.3 is 0 Å².